The van der Waals surface area contributed by atoms with Gasteiger partial charge < -0.3 is 9.47 Å². The van der Waals surface area contributed by atoms with Crippen molar-refractivity contribution >= 4 is 33.5 Å². The first-order chi connectivity index (χ1) is 8.47. The third-order valence-corrected chi connectivity index (χ3v) is 3.12. The average molecular weight is 338 g/mol. The van der Waals surface area contributed by atoms with Crippen molar-refractivity contribution in [1.29, 1.82) is 0 Å². The van der Waals surface area contributed by atoms with Crippen LogP contribution in [-0.4, -0.2) is 12.6 Å². The Morgan fingerprint density at radius 3 is 2.72 bits per heavy atom. The lowest BCUT2D eigenvalue weighted by Gasteiger charge is -2.10. The minimum Gasteiger partial charge on any atom is -0.462 e. The van der Waals surface area contributed by atoms with E-state index in [1.54, 1.807) is 6.92 Å². The van der Waals surface area contributed by atoms with Crippen LogP contribution in [0.5, 0.6) is 5.75 Å². The van der Waals surface area contributed by atoms with Crippen molar-refractivity contribution in [3.8, 4) is 5.75 Å². The molecular weight excluding hydrogens is 326 g/mol. The number of carbonyl (C=O) groups excluding carboxylic acids is 1. The minimum absolute atomic E-state index is 0.0867. The van der Waals surface area contributed by atoms with Gasteiger partial charge in [0.05, 0.1) is 11.6 Å². The number of esters is 1. The molecule has 0 aliphatic heterocycles. The average Bonchev–Trinajstić information content (AvgIpc) is 2.33. The van der Waals surface area contributed by atoms with Gasteiger partial charge >= 0.3 is 5.97 Å². The number of rotatable bonds is 4. The molecule has 1 aromatic carbocycles. The number of carbonyl (C=O) groups is 1. The van der Waals surface area contributed by atoms with Gasteiger partial charge in [-0.2, -0.15) is 0 Å². The highest BCUT2D eigenvalue weighted by Gasteiger charge is 2.15. The lowest BCUT2D eigenvalue weighted by molar-refractivity contribution is -0.137. The summed E-state index contributed by atoms with van der Waals surface area (Å²) in [6.07, 6.45) is 0. The van der Waals surface area contributed by atoms with Gasteiger partial charge in [-0.05, 0) is 41.9 Å². The Balaban J connectivity index is 2.96. The Morgan fingerprint density at radius 2 is 2.17 bits per heavy atom. The molecule has 0 aliphatic rings. The van der Waals surface area contributed by atoms with Gasteiger partial charge in [-0.15, -0.1) is 0 Å². The van der Waals surface area contributed by atoms with Gasteiger partial charge in [0.15, 0.2) is 11.6 Å². The molecule has 0 aliphatic carbocycles. The Kier molecular flexibility index (Phi) is 5.62. The summed E-state index contributed by atoms with van der Waals surface area (Å²) in [4.78, 5) is 11.4. The maximum Gasteiger partial charge on any atom is 0.348 e. The van der Waals surface area contributed by atoms with Gasteiger partial charge in [0, 0.05) is 0 Å². The molecule has 0 bridgehead atoms. The van der Waals surface area contributed by atoms with Crippen LogP contribution in [0.2, 0.25) is 5.02 Å². The number of hydrogen-bond acceptors (Lipinski definition) is 3. The standard InChI is InChI=1S/C12H11BrClFO3/c1-3-17-12(16)10(13)7(2)18-11-8(14)5-4-6-9(11)15/h4-6H,3H2,1-2H3. The predicted octanol–water partition coefficient (Wildman–Crippen LogP) is 4.05. The summed E-state index contributed by atoms with van der Waals surface area (Å²) in [6, 6.07) is 4.17. The second-order valence-electron chi connectivity index (χ2n) is 3.24. The Morgan fingerprint density at radius 1 is 1.50 bits per heavy atom. The van der Waals surface area contributed by atoms with Gasteiger partial charge in [0.2, 0.25) is 0 Å². The molecule has 0 radical (unpaired) electrons. The predicted molar refractivity (Wildman–Crippen MR) is 70.3 cm³/mol. The van der Waals surface area contributed by atoms with E-state index < -0.39 is 11.8 Å². The first kappa shape index (κ1) is 15.0. The normalized spacial score (nSPS) is 11.8. The van der Waals surface area contributed by atoms with Gasteiger partial charge in [-0.1, -0.05) is 17.7 Å². The molecule has 3 nitrogen and oxygen atoms in total. The van der Waals surface area contributed by atoms with Crippen LogP contribution < -0.4 is 4.74 Å². The van der Waals surface area contributed by atoms with E-state index in [0.717, 1.165) is 0 Å². The largest absolute Gasteiger partial charge is 0.462 e. The zero-order chi connectivity index (χ0) is 13.7. The number of hydrogen-bond donors (Lipinski definition) is 0. The molecule has 0 unspecified atom stereocenters. The van der Waals surface area contributed by atoms with Crippen LogP contribution in [-0.2, 0) is 9.53 Å². The monoisotopic (exact) mass is 336 g/mol. The van der Waals surface area contributed by atoms with Crippen LogP contribution in [0.4, 0.5) is 4.39 Å². The molecule has 6 heteroatoms. The molecular formula is C12H11BrClFO3. The number of allylic oxidation sites excluding steroid dienone is 1. The Labute approximate surface area is 118 Å². The first-order valence-electron chi connectivity index (χ1n) is 5.12. The number of para-hydroxylation sites is 1. The zero-order valence-electron chi connectivity index (χ0n) is 9.80. The van der Waals surface area contributed by atoms with Crippen molar-refractivity contribution in [2.45, 2.75) is 13.8 Å². The summed E-state index contributed by atoms with van der Waals surface area (Å²) in [7, 11) is 0. The smallest absolute Gasteiger partial charge is 0.348 e. The summed E-state index contributed by atoms with van der Waals surface area (Å²) in [5.41, 5.74) is 0. The molecule has 0 aromatic heterocycles. The maximum absolute atomic E-state index is 13.5. The highest BCUT2D eigenvalue weighted by atomic mass is 79.9. The molecule has 0 N–H and O–H groups in total. The molecule has 1 rings (SSSR count). The topological polar surface area (TPSA) is 35.5 Å². The van der Waals surface area contributed by atoms with Crippen LogP contribution in [0, 0.1) is 5.82 Å². The van der Waals surface area contributed by atoms with E-state index in [1.807, 2.05) is 0 Å². The van der Waals surface area contributed by atoms with Crippen molar-refractivity contribution < 1.29 is 18.7 Å². The molecule has 18 heavy (non-hydrogen) atoms. The van der Waals surface area contributed by atoms with Crippen LogP contribution in [0.1, 0.15) is 13.8 Å². The molecule has 0 amide bonds. The zero-order valence-corrected chi connectivity index (χ0v) is 12.1. The van der Waals surface area contributed by atoms with Crippen molar-refractivity contribution in [3.05, 3.63) is 39.3 Å². The maximum atomic E-state index is 13.5. The Bertz CT molecular complexity index is 468. The second-order valence-corrected chi connectivity index (χ2v) is 4.44. The summed E-state index contributed by atoms with van der Waals surface area (Å²) in [6.45, 7) is 3.42. The van der Waals surface area contributed by atoms with Gasteiger partial charge in [0.1, 0.15) is 10.2 Å². The van der Waals surface area contributed by atoms with Crippen molar-refractivity contribution in [2.75, 3.05) is 6.61 Å². The fourth-order valence-corrected chi connectivity index (χ4v) is 1.51. The van der Waals surface area contributed by atoms with Crippen LogP contribution in [0.15, 0.2) is 28.4 Å². The highest BCUT2D eigenvalue weighted by molar-refractivity contribution is 9.12. The summed E-state index contributed by atoms with van der Waals surface area (Å²) >= 11 is 8.83. The van der Waals surface area contributed by atoms with E-state index in [2.05, 4.69) is 15.9 Å². The fourth-order valence-electron chi connectivity index (χ4n) is 1.12. The number of ether oxygens (including phenoxy) is 2. The van der Waals surface area contributed by atoms with E-state index in [1.165, 1.54) is 25.1 Å². The van der Waals surface area contributed by atoms with E-state index in [9.17, 15) is 9.18 Å². The summed E-state index contributed by atoms with van der Waals surface area (Å²) in [5, 5.41) is 0.124. The van der Waals surface area contributed by atoms with E-state index >= 15 is 0 Å². The fraction of sp³-hybridized carbons (Fsp3) is 0.250. The van der Waals surface area contributed by atoms with Gasteiger partial charge in [-0.3, -0.25) is 0 Å². The van der Waals surface area contributed by atoms with E-state index in [-0.39, 0.29) is 27.6 Å². The number of benzene rings is 1. The highest BCUT2D eigenvalue weighted by Crippen LogP contribution is 2.30. The van der Waals surface area contributed by atoms with Crippen LogP contribution in [0.25, 0.3) is 0 Å². The van der Waals surface area contributed by atoms with E-state index in [0.29, 0.717) is 0 Å². The third kappa shape index (κ3) is 3.71. The lowest BCUT2D eigenvalue weighted by atomic mass is 10.3. The summed E-state index contributed by atoms with van der Waals surface area (Å²) < 4.78 is 23.5. The quantitative estimate of drug-likeness (QED) is 0.472. The molecule has 0 spiro atoms. The molecule has 0 saturated carbocycles. The van der Waals surface area contributed by atoms with Gasteiger partial charge in [-0.25, -0.2) is 9.18 Å². The van der Waals surface area contributed by atoms with Crippen molar-refractivity contribution in [2.24, 2.45) is 0 Å². The van der Waals surface area contributed by atoms with Crippen LogP contribution >= 0.6 is 27.5 Å². The molecule has 0 heterocycles. The summed E-state index contributed by atoms with van der Waals surface area (Å²) in [5.74, 6) is -1.15. The van der Waals surface area contributed by atoms with Crippen molar-refractivity contribution in [1.82, 2.24) is 0 Å². The van der Waals surface area contributed by atoms with E-state index in [4.69, 9.17) is 21.1 Å². The minimum atomic E-state index is -0.606. The number of halogens is 3. The van der Waals surface area contributed by atoms with Gasteiger partial charge in [0.25, 0.3) is 0 Å². The SMILES string of the molecule is CCOC(=O)C(Br)=C(C)Oc1c(F)cccc1Cl. The second kappa shape index (κ2) is 6.75. The van der Waals surface area contributed by atoms with Crippen molar-refractivity contribution in [3.63, 3.8) is 0 Å². The molecule has 0 saturated heterocycles. The third-order valence-electron chi connectivity index (χ3n) is 1.94. The first-order valence-corrected chi connectivity index (χ1v) is 6.29. The molecule has 98 valence electrons. The molecule has 1 aromatic rings. The Hall–Kier alpha value is -1.07. The lowest BCUT2D eigenvalue weighted by Crippen LogP contribution is -2.08. The molecule has 0 fully saturated rings. The molecule has 0 atom stereocenters. The van der Waals surface area contributed by atoms with Crippen LogP contribution in [0.3, 0.4) is 0 Å².